The maximum atomic E-state index is 3.56. The minimum atomic E-state index is 0.505. The van der Waals surface area contributed by atoms with E-state index < -0.39 is 0 Å². The molecule has 5 nitrogen and oxygen atoms in total. The second-order valence-corrected chi connectivity index (χ2v) is 6.12. The van der Waals surface area contributed by atoms with Crippen LogP contribution in [-0.4, -0.2) is 72.2 Å². The molecule has 2 rings (SSSR count). The Morgan fingerprint density at radius 2 is 1.19 bits per heavy atom. The smallest absolute Gasteiger partial charge is 0.0974 e. The van der Waals surface area contributed by atoms with Crippen LogP contribution >= 0.6 is 0 Å². The molecule has 2 aliphatic rings. The highest BCUT2D eigenvalue weighted by Gasteiger charge is 2.18. The van der Waals surface area contributed by atoms with E-state index in [1.54, 1.807) is 0 Å². The maximum absolute atomic E-state index is 3.56. The van der Waals surface area contributed by atoms with Crippen molar-refractivity contribution < 1.29 is 0 Å². The molecular weight excluding hydrogens is 262 g/mol. The van der Waals surface area contributed by atoms with Gasteiger partial charge >= 0.3 is 0 Å². The number of rotatable bonds is 8. The Labute approximate surface area is 129 Å². The van der Waals surface area contributed by atoms with Crippen LogP contribution in [0.25, 0.3) is 0 Å². The molecule has 0 aromatic rings. The van der Waals surface area contributed by atoms with Gasteiger partial charge < -0.3 is 24.9 Å². The van der Waals surface area contributed by atoms with Gasteiger partial charge in [0, 0.05) is 52.0 Å². The Kier molecular flexibility index (Phi) is 5.79. The van der Waals surface area contributed by atoms with E-state index in [0.717, 1.165) is 26.2 Å². The first kappa shape index (κ1) is 16.0. The highest BCUT2D eigenvalue weighted by molar-refractivity contribution is 4.94. The van der Waals surface area contributed by atoms with Gasteiger partial charge in [0.2, 0.25) is 0 Å². The molecule has 0 fully saturated rings. The molecular formula is C16H31N5. The zero-order valence-electron chi connectivity index (χ0n) is 14.0. The van der Waals surface area contributed by atoms with Crippen LogP contribution in [0.3, 0.4) is 0 Å². The second kappa shape index (κ2) is 7.59. The molecule has 2 atom stereocenters. The third-order valence-corrected chi connectivity index (χ3v) is 4.67. The average Bonchev–Trinajstić information content (AvgIpc) is 2.96. The van der Waals surface area contributed by atoms with Crippen LogP contribution in [0.4, 0.5) is 0 Å². The van der Waals surface area contributed by atoms with Gasteiger partial charge in [0.05, 0.1) is 12.3 Å². The summed E-state index contributed by atoms with van der Waals surface area (Å²) >= 11 is 0. The van der Waals surface area contributed by atoms with Crippen LogP contribution in [0.2, 0.25) is 0 Å². The van der Waals surface area contributed by atoms with Crippen LogP contribution in [0.1, 0.15) is 26.7 Å². The number of nitrogens with zero attached hydrogens (tertiary/aromatic N) is 4. The Bertz CT molecular complexity index is 334. The minimum absolute atomic E-state index is 0.505. The molecule has 21 heavy (non-hydrogen) atoms. The van der Waals surface area contributed by atoms with Gasteiger partial charge in [-0.15, -0.1) is 0 Å². The lowest BCUT2D eigenvalue weighted by Gasteiger charge is -2.27. The molecule has 0 amide bonds. The van der Waals surface area contributed by atoms with Crippen molar-refractivity contribution in [3.05, 3.63) is 24.8 Å². The monoisotopic (exact) mass is 293 g/mol. The molecule has 0 aromatic carbocycles. The van der Waals surface area contributed by atoms with Crippen molar-refractivity contribution in [2.45, 2.75) is 39.0 Å². The fourth-order valence-electron chi connectivity index (χ4n) is 2.77. The molecule has 0 bridgehead atoms. The fourth-order valence-corrected chi connectivity index (χ4v) is 2.77. The Hall–Kier alpha value is -1.36. The van der Waals surface area contributed by atoms with Gasteiger partial charge in [-0.2, -0.15) is 0 Å². The Balaban J connectivity index is 1.46. The highest BCUT2D eigenvalue weighted by Crippen LogP contribution is 2.13. The molecule has 0 saturated carbocycles. The zero-order valence-corrected chi connectivity index (χ0v) is 14.0. The normalized spacial score (nSPS) is 24.8. The predicted octanol–water partition coefficient (Wildman–Crippen LogP) is 1.49. The van der Waals surface area contributed by atoms with E-state index in [0.29, 0.717) is 12.3 Å². The van der Waals surface area contributed by atoms with Gasteiger partial charge in [-0.1, -0.05) is 0 Å². The summed E-state index contributed by atoms with van der Waals surface area (Å²) in [5, 5.41) is 3.56. The molecule has 2 aliphatic heterocycles. The second-order valence-electron chi connectivity index (χ2n) is 6.12. The molecule has 0 spiro atoms. The van der Waals surface area contributed by atoms with Crippen LogP contribution in [0, 0.1) is 0 Å². The van der Waals surface area contributed by atoms with Crippen LogP contribution in [0.5, 0.6) is 0 Å². The van der Waals surface area contributed by atoms with Gasteiger partial charge in [0.25, 0.3) is 0 Å². The summed E-state index contributed by atoms with van der Waals surface area (Å²) in [7, 11) is 4.26. The van der Waals surface area contributed by atoms with E-state index >= 15 is 0 Å². The number of nitrogens with one attached hydrogen (secondary N) is 1. The van der Waals surface area contributed by atoms with E-state index in [-0.39, 0.29) is 0 Å². The van der Waals surface area contributed by atoms with Gasteiger partial charge in [-0.05, 0) is 39.8 Å². The van der Waals surface area contributed by atoms with E-state index in [2.05, 4.69) is 77.7 Å². The third kappa shape index (κ3) is 4.30. The topological polar surface area (TPSA) is 25.0 Å². The summed E-state index contributed by atoms with van der Waals surface area (Å²) in [5.74, 6) is 0. The first-order valence-corrected chi connectivity index (χ1v) is 8.12. The van der Waals surface area contributed by atoms with Gasteiger partial charge in [0.1, 0.15) is 0 Å². The van der Waals surface area contributed by atoms with Gasteiger partial charge in [0.15, 0.2) is 0 Å². The first-order chi connectivity index (χ1) is 10.1. The molecule has 2 unspecified atom stereocenters. The fraction of sp³-hybridized carbons (Fsp3) is 0.750. The maximum Gasteiger partial charge on any atom is 0.0974 e. The van der Waals surface area contributed by atoms with Crippen molar-refractivity contribution in [1.82, 2.24) is 24.9 Å². The summed E-state index contributed by atoms with van der Waals surface area (Å²) in [6.45, 7) is 8.96. The van der Waals surface area contributed by atoms with Crippen molar-refractivity contribution in [2.75, 3.05) is 40.3 Å². The van der Waals surface area contributed by atoms with E-state index in [4.69, 9.17) is 0 Å². The van der Waals surface area contributed by atoms with E-state index in [1.807, 2.05) is 0 Å². The lowest BCUT2D eigenvalue weighted by Crippen LogP contribution is -2.36. The Morgan fingerprint density at radius 1 is 0.762 bits per heavy atom. The summed E-state index contributed by atoms with van der Waals surface area (Å²) in [6.07, 6.45) is 12.1. The molecule has 0 radical (unpaired) electrons. The van der Waals surface area contributed by atoms with Crippen LogP contribution in [-0.2, 0) is 0 Å². The predicted molar refractivity (Wildman–Crippen MR) is 88.2 cm³/mol. The molecule has 2 heterocycles. The van der Waals surface area contributed by atoms with Crippen molar-refractivity contribution >= 4 is 0 Å². The standard InChI is InChI=1S/C16H31N5/c1-15-18(3)11-13-20(15)9-5-7-17-8-6-10-21-14-12-19(4)16(21)2/h11-17H,5-10H2,1-4H3. The average molecular weight is 293 g/mol. The molecule has 0 saturated heterocycles. The minimum Gasteiger partial charge on any atom is -0.359 e. The van der Waals surface area contributed by atoms with Crippen molar-refractivity contribution in [2.24, 2.45) is 0 Å². The van der Waals surface area contributed by atoms with E-state index in [9.17, 15) is 0 Å². The SMILES string of the molecule is CC1N(C)C=CN1CCCNCCCN1C=CN(C)C1C. The largest absolute Gasteiger partial charge is 0.359 e. The van der Waals surface area contributed by atoms with E-state index in [1.165, 1.54) is 12.8 Å². The van der Waals surface area contributed by atoms with Crippen molar-refractivity contribution in [3.8, 4) is 0 Å². The number of hydrogen-bond acceptors (Lipinski definition) is 5. The lowest BCUT2D eigenvalue weighted by molar-refractivity contribution is 0.190. The summed E-state index contributed by atoms with van der Waals surface area (Å²) < 4.78 is 0. The Morgan fingerprint density at radius 3 is 1.52 bits per heavy atom. The van der Waals surface area contributed by atoms with Crippen molar-refractivity contribution in [3.63, 3.8) is 0 Å². The molecule has 120 valence electrons. The first-order valence-electron chi connectivity index (χ1n) is 8.12. The quantitative estimate of drug-likeness (QED) is 0.684. The summed E-state index contributed by atoms with van der Waals surface area (Å²) in [5.41, 5.74) is 0. The summed E-state index contributed by atoms with van der Waals surface area (Å²) in [4.78, 5) is 9.28. The van der Waals surface area contributed by atoms with Crippen LogP contribution in [0.15, 0.2) is 24.8 Å². The molecule has 1 N–H and O–H groups in total. The van der Waals surface area contributed by atoms with Crippen LogP contribution < -0.4 is 5.32 Å². The molecule has 5 heteroatoms. The molecule has 0 aliphatic carbocycles. The summed E-state index contributed by atoms with van der Waals surface area (Å²) in [6, 6.07) is 0. The van der Waals surface area contributed by atoms with Gasteiger partial charge in [-0.25, -0.2) is 0 Å². The molecule has 0 aromatic heterocycles. The number of hydrogen-bond donors (Lipinski definition) is 1. The van der Waals surface area contributed by atoms with Crippen molar-refractivity contribution in [1.29, 1.82) is 0 Å². The lowest BCUT2D eigenvalue weighted by atomic mass is 10.3. The highest BCUT2D eigenvalue weighted by atomic mass is 15.4. The van der Waals surface area contributed by atoms with Gasteiger partial charge in [-0.3, -0.25) is 0 Å². The third-order valence-electron chi connectivity index (χ3n) is 4.67. The zero-order chi connectivity index (χ0) is 15.2.